The molecule has 0 fully saturated rings. The maximum atomic E-state index is 11.3. The first-order valence-corrected chi connectivity index (χ1v) is 5.77. The standard InChI is InChI=1S/C14H18O4/c1-14(2,3)8-11(13(17)18)9-4-6-10(7-5-9)12(15)16/h4-7,11H,8H2,1-3H3,(H,15,16)(H,17,18). The molecule has 4 nitrogen and oxygen atoms in total. The van der Waals surface area contributed by atoms with Crippen molar-refractivity contribution in [3.8, 4) is 0 Å². The number of benzene rings is 1. The Morgan fingerprint density at radius 3 is 1.94 bits per heavy atom. The molecule has 0 aromatic heterocycles. The predicted molar refractivity (Wildman–Crippen MR) is 67.9 cm³/mol. The third kappa shape index (κ3) is 3.87. The lowest BCUT2D eigenvalue weighted by Crippen LogP contribution is -2.19. The highest BCUT2D eigenvalue weighted by molar-refractivity contribution is 5.87. The number of carboxylic acid groups (broad SMARTS) is 2. The van der Waals surface area contributed by atoms with E-state index in [0.29, 0.717) is 12.0 Å². The van der Waals surface area contributed by atoms with Gasteiger partial charge in [-0.3, -0.25) is 4.79 Å². The van der Waals surface area contributed by atoms with E-state index in [1.54, 1.807) is 12.1 Å². The zero-order valence-corrected chi connectivity index (χ0v) is 10.8. The topological polar surface area (TPSA) is 74.6 Å². The van der Waals surface area contributed by atoms with Gasteiger partial charge in [0.25, 0.3) is 0 Å². The zero-order valence-electron chi connectivity index (χ0n) is 10.8. The summed E-state index contributed by atoms with van der Waals surface area (Å²) < 4.78 is 0. The second-order valence-corrected chi connectivity index (χ2v) is 5.58. The van der Waals surface area contributed by atoms with Gasteiger partial charge in [0.15, 0.2) is 0 Å². The highest BCUT2D eigenvalue weighted by Crippen LogP contribution is 2.31. The summed E-state index contributed by atoms with van der Waals surface area (Å²) in [6, 6.07) is 6.04. The molecule has 0 saturated heterocycles. The van der Waals surface area contributed by atoms with Gasteiger partial charge in [0.1, 0.15) is 0 Å². The van der Waals surface area contributed by atoms with Crippen molar-refractivity contribution in [1.82, 2.24) is 0 Å². The largest absolute Gasteiger partial charge is 0.481 e. The summed E-state index contributed by atoms with van der Waals surface area (Å²) in [5, 5.41) is 18.0. The van der Waals surface area contributed by atoms with Gasteiger partial charge in [-0.25, -0.2) is 4.79 Å². The van der Waals surface area contributed by atoms with Crippen molar-refractivity contribution in [2.75, 3.05) is 0 Å². The minimum atomic E-state index is -1.01. The Bertz CT molecular complexity index is 440. The van der Waals surface area contributed by atoms with Gasteiger partial charge in [-0.1, -0.05) is 32.9 Å². The highest BCUT2D eigenvalue weighted by atomic mass is 16.4. The van der Waals surface area contributed by atoms with Crippen molar-refractivity contribution in [1.29, 1.82) is 0 Å². The van der Waals surface area contributed by atoms with Crippen molar-refractivity contribution in [3.63, 3.8) is 0 Å². The predicted octanol–water partition coefficient (Wildman–Crippen LogP) is 2.99. The molecule has 0 heterocycles. The molecule has 18 heavy (non-hydrogen) atoms. The van der Waals surface area contributed by atoms with Crippen LogP contribution in [-0.4, -0.2) is 22.2 Å². The molecule has 4 heteroatoms. The normalized spacial score (nSPS) is 13.1. The Labute approximate surface area is 106 Å². The first-order valence-electron chi connectivity index (χ1n) is 5.77. The molecular weight excluding hydrogens is 232 g/mol. The van der Waals surface area contributed by atoms with Crippen molar-refractivity contribution in [3.05, 3.63) is 35.4 Å². The molecular formula is C14H18O4. The van der Waals surface area contributed by atoms with E-state index in [4.69, 9.17) is 5.11 Å². The van der Waals surface area contributed by atoms with Gasteiger partial charge in [-0.2, -0.15) is 0 Å². The Morgan fingerprint density at radius 2 is 1.61 bits per heavy atom. The lowest BCUT2D eigenvalue weighted by atomic mass is 9.81. The van der Waals surface area contributed by atoms with Crippen LogP contribution in [0.4, 0.5) is 0 Å². The fourth-order valence-electron chi connectivity index (χ4n) is 1.82. The van der Waals surface area contributed by atoms with E-state index in [-0.39, 0.29) is 11.0 Å². The Morgan fingerprint density at radius 1 is 1.11 bits per heavy atom. The lowest BCUT2D eigenvalue weighted by Gasteiger charge is -2.23. The van der Waals surface area contributed by atoms with Gasteiger partial charge in [0, 0.05) is 0 Å². The van der Waals surface area contributed by atoms with Crippen LogP contribution < -0.4 is 0 Å². The molecule has 2 N–H and O–H groups in total. The molecule has 1 aromatic rings. The number of aliphatic carboxylic acids is 1. The fraction of sp³-hybridized carbons (Fsp3) is 0.429. The quantitative estimate of drug-likeness (QED) is 0.861. The van der Waals surface area contributed by atoms with Crippen LogP contribution in [0.2, 0.25) is 0 Å². The van der Waals surface area contributed by atoms with E-state index < -0.39 is 17.9 Å². The maximum Gasteiger partial charge on any atom is 0.335 e. The first kappa shape index (κ1) is 14.2. The van der Waals surface area contributed by atoms with E-state index in [1.165, 1.54) is 12.1 Å². The number of carboxylic acids is 2. The number of rotatable bonds is 4. The maximum absolute atomic E-state index is 11.3. The summed E-state index contributed by atoms with van der Waals surface area (Å²) in [5.41, 5.74) is 0.704. The van der Waals surface area contributed by atoms with Crippen molar-refractivity contribution >= 4 is 11.9 Å². The minimum absolute atomic E-state index is 0.103. The molecule has 1 atom stereocenters. The molecule has 0 amide bonds. The smallest absolute Gasteiger partial charge is 0.335 e. The molecule has 0 spiro atoms. The summed E-state index contributed by atoms with van der Waals surface area (Å²) in [6.45, 7) is 5.94. The van der Waals surface area contributed by atoms with Gasteiger partial charge in [-0.05, 0) is 29.5 Å². The average Bonchev–Trinajstić information content (AvgIpc) is 2.24. The SMILES string of the molecule is CC(C)(C)CC(C(=O)O)c1ccc(C(=O)O)cc1. The molecule has 0 aliphatic carbocycles. The second-order valence-electron chi connectivity index (χ2n) is 5.58. The van der Waals surface area contributed by atoms with Crippen LogP contribution in [-0.2, 0) is 4.79 Å². The third-order valence-corrected chi connectivity index (χ3v) is 2.67. The van der Waals surface area contributed by atoms with Crippen LogP contribution in [0.1, 0.15) is 49.0 Å². The second kappa shape index (κ2) is 5.21. The third-order valence-electron chi connectivity index (χ3n) is 2.67. The van der Waals surface area contributed by atoms with E-state index in [2.05, 4.69) is 0 Å². The lowest BCUT2D eigenvalue weighted by molar-refractivity contribution is -0.139. The van der Waals surface area contributed by atoms with Gasteiger partial charge >= 0.3 is 11.9 Å². The van der Waals surface area contributed by atoms with Gasteiger partial charge in [0.05, 0.1) is 11.5 Å². The number of carbonyl (C=O) groups is 2. The Balaban J connectivity index is 3.00. The van der Waals surface area contributed by atoms with Gasteiger partial charge in [0.2, 0.25) is 0 Å². The van der Waals surface area contributed by atoms with E-state index in [9.17, 15) is 14.7 Å². The van der Waals surface area contributed by atoms with Gasteiger partial charge in [-0.15, -0.1) is 0 Å². The van der Waals surface area contributed by atoms with Gasteiger partial charge < -0.3 is 10.2 Å². The summed E-state index contributed by atoms with van der Waals surface area (Å²) in [6.07, 6.45) is 0.509. The molecule has 0 saturated carbocycles. The molecule has 0 bridgehead atoms. The molecule has 1 unspecified atom stereocenters. The number of aromatic carboxylic acids is 1. The summed E-state index contributed by atoms with van der Waals surface area (Å²) in [5.74, 6) is -2.50. The fourth-order valence-corrected chi connectivity index (χ4v) is 1.82. The molecule has 1 rings (SSSR count). The van der Waals surface area contributed by atoms with Crippen LogP contribution in [0.3, 0.4) is 0 Å². The van der Waals surface area contributed by atoms with E-state index in [1.807, 2.05) is 20.8 Å². The first-order chi connectivity index (χ1) is 8.20. The van der Waals surface area contributed by atoms with E-state index in [0.717, 1.165) is 0 Å². The van der Waals surface area contributed by atoms with Crippen LogP contribution in [0.15, 0.2) is 24.3 Å². The molecule has 0 aliphatic rings. The number of hydrogen-bond acceptors (Lipinski definition) is 2. The van der Waals surface area contributed by atoms with Crippen molar-refractivity contribution < 1.29 is 19.8 Å². The molecule has 0 radical (unpaired) electrons. The minimum Gasteiger partial charge on any atom is -0.481 e. The van der Waals surface area contributed by atoms with Crippen LogP contribution >= 0.6 is 0 Å². The highest BCUT2D eigenvalue weighted by Gasteiger charge is 2.26. The molecule has 1 aromatic carbocycles. The number of hydrogen-bond donors (Lipinski definition) is 2. The zero-order chi connectivity index (χ0) is 13.9. The summed E-state index contributed by atoms with van der Waals surface area (Å²) >= 11 is 0. The van der Waals surface area contributed by atoms with Crippen molar-refractivity contribution in [2.45, 2.75) is 33.1 Å². The molecule has 98 valence electrons. The van der Waals surface area contributed by atoms with Crippen molar-refractivity contribution in [2.24, 2.45) is 5.41 Å². The summed E-state index contributed by atoms with van der Waals surface area (Å²) in [7, 11) is 0. The Kier molecular flexibility index (Phi) is 4.11. The average molecular weight is 250 g/mol. The molecule has 0 aliphatic heterocycles. The van der Waals surface area contributed by atoms with Crippen LogP contribution in [0.5, 0.6) is 0 Å². The summed E-state index contributed by atoms with van der Waals surface area (Å²) in [4.78, 5) is 22.0. The monoisotopic (exact) mass is 250 g/mol. The van der Waals surface area contributed by atoms with E-state index >= 15 is 0 Å². The van der Waals surface area contributed by atoms with Crippen LogP contribution in [0, 0.1) is 5.41 Å². The Hall–Kier alpha value is -1.84. The van der Waals surface area contributed by atoms with Crippen LogP contribution in [0.25, 0.3) is 0 Å².